The third-order valence-corrected chi connectivity index (χ3v) is 3.81. The molecule has 1 heterocycles. The highest BCUT2D eigenvalue weighted by Crippen LogP contribution is 2.28. The Morgan fingerprint density at radius 2 is 2.21 bits per heavy atom. The summed E-state index contributed by atoms with van der Waals surface area (Å²) in [7, 11) is 1.72. The Labute approximate surface area is 114 Å². The molecule has 0 bridgehead atoms. The summed E-state index contributed by atoms with van der Waals surface area (Å²) in [5.74, 6) is 0.182. The third kappa shape index (κ3) is 3.11. The number of amides is 1. The smallest absolute Gasteiger partial charge is 0.226 e. The minimum atomic E-state index is -0.539. The van der Waals surface area contributed by atoms with E-state index in [1.165, 1.54) is 6.42 Å². The molecular formula is C15H19N3O. The van der Waals surface area contributed by atoms with Crippen molar-refractivity contribution >= 4 is 5.91 Å². The van der Waals surface area contributed by atoms with Crippen LogP contribution in [-0.2, 0) is 4.79 Å². The van der Waals surface area contributed by atoms with Crippen LogP contribution in [0.25, 0.3) is 0 Å². The van der Waals surface area contributed by atoms with Crippen molar-refractivity contribution in [2.75, 3.05) is 7.05 Å². The molecule has 1 unspecified atom stereocenters. The quantitative estimate of drug-likeness (QED) is 0.836. The lowest BCUT2D eigenvalue weighted by molar-refractivity contribution is -0.136. The summed E-state index contributed by atoms with van der Waals surface area (Å²) in [6.07, 6.45) is 8.68. The molecule has 1 aliphatic rings. The average Bonchev–Trinajstić information content (AvgIpc) is 2.49. The molecule has 1 aromatic rings. The summed E-state index contributed by atoms with van der Waals surface area (Å²) in [6, 6.07) is 5.29. The van der Waals surface area contributed by atoms with Gasteiger partial charge in [0.15, 0.2) is 0 Å². The molecule has 1 amide bonds. The highest BCUT2D eigenvalue weighted by molar-refractivity contribution is 5.79. The molecule has 1 fully saturated rings. The minimum Gasteiger partial charge on any atom is -0.325 e. The summed E-state index contributed by atoms with van der Waals surface area (Å²) in [5.41, 5.74) is 0.775. The van der Waals surface area contributed by atoms with E-state index in [1.54, 1.807) is 30.4 Å². The molecule has 4 heteroatoms. The van der Waals surface area contributed by atoms with Gasteiger partial charge in [0.1, 0.15) is 6.04 Å². The Kier molecular flexibility index (Phi) is 4.51. The van der Waals surface area contributed by atoms with E-state index in [1.807, 2.05) is 6.07 Å². The summed E-state index contributed by atoms with van der Waals surface area (Å²) >= 11 is 0. The maximum absolute atomic E-state index is 12.4. The molecule has 2 rings (SSSR count). The first-order valence-corrected chi connectivity index (χ1v) is 6.80. The molecule has 1 saturated carbocycles. The first kappa shape index (κ1) is 13.5. The lowest BCUT2D eigenvalue weighted by Gasteiger charge is -2.29. The number of rotatable bonds is 3. The van der Waals surface area contributed by atoms with Crippen LogP contribution in [0, 0.1) is 17.2 Å². The Bertz CT molecular complexity index is 460. The van der Waals surface area contributed by atoms with Gasteiger partial charge >= 0.3 is 0 Å². The molecule has 0 saturated heterocycles. The zero-order valence-corrected chi connectivity index (χ0v) is 11.2. The largest absolute Gasteiger partial charge is 0.325 e. The highest BCUT2D eigenvalue weighted by Gasteiger charge is 2.28. The van der Waals surface area contributed by atoms with Crippen LogP contribution in [0.4, 0.5) is 0 Å². The summed E-state index contributed by atoms with van der Waals surface area (Å²) in [4.78, 5) is 18.0. The molecule has 0 aliphatic heterocycles. The predicted molar refractivity (Wildman–Crippen MR) is 71.9 cm³/mol. The van der Waals surface area contributed by atoms with Crippen LogP contribution in [-0.4, -0.2) is 22.8 Å². The number of hydrogen-bond acceptors (Lipinski definition) is 3. The van der Waals surface area contributed by atoms with Gasteiger partial charge in [-0.05, 0) is 18.9 Å². The van der Waals surface area contributed by atoms with E-state index in [0.717, 1.165) is 31.2 Å². The van der Waals surface area contributed by atoms with Gasteiger partial charge in [-0.15, -0.1) is 0 Å². The molecule has 0 N–H and O–H groups in total. The van der Waals surface area contributed by atoms with Gasteiger partial charge in [-0.1, -0.05) is 25.3 Å². The number of hydrogen-bond donors (Lipinski definition) is 0. The molecule has 1 aromatic heterocycles. The zero-order chi connectivity index (χ0) is 13.7. The number of carbonyl (C=O) groups excluding carboxylic acids is 1. The van der Waals surface area contributed by atoms with E-state index < -0.39 is 6.04 Å². The van der Waals surface area contributed by atoms with Crippen molar-refractivity contribution in [2.45, 2.75) is 38.1 Å². The van der Waals surface area contributed by atoms with Crippen LogP contribution in [0.2, 0.25) is 0 Å². The number of nitrogens with zero attached hydrogens (tertiary/aromatic N) is 3. The van der Waals surface area contributed by atoms with Crippen LogP contribution >= 0.6 is 0 Å². The Hall–Kier alpha value is -1.89. The van der Waals surface area contributed by atoms with E-state index in [-0.39, 0.29) is 11.8 Å². The van der Waals surface area contributed by atoms with Crippen LogP contribution in [0.3, 0.4) is 0 Å². The monoisotopic (exact) mass is 257 g/mol. The fourth-order valence-electron chi connectivity index (χ4n) is 2.69. The number of carbonyl (C=O) groups is 1. The fourth-order valence-corrected chi connectivity index (χ4v) is 2.69. The van der Waals surface area contributed by atoms with Gasteiger partial charge in [0, 0.05) is 30.9 Å². The van der Waals surface area contributed by atoms with Crippen LogP contribution in [0.5, 0.6) is 0 Å². The maximum Gasteiger partial charge on any atom is 0.226 e. The van der Waals surface area contributed by atoms with E-state index >= 15 is 0 Å². The van der Waals surface area contributed by atoms with Crippen molar-refractivity contribution in [1.82, 2.24) is 9.88 Å². The lowest BCUT2D eigenvalue weighted by Crippen LogP contribution is -2.36. The first-order chi connectivity index (χ1) is 9.24. The fraction of sp³-hybridized carbons (Fsp3) is 0.533. The second-order valence-electron chi connectivity index (χ2n) is 5.10. The standard InChI is InChI=1S/C15H19N3O/c1-18(15(19)12-6-3-2-4-7-12)14(10-16)13-8-5-9-17-11-13/h5,8-9,11-12,14H,2-4,6-7H2,1H3. The van der Waals surface area contributed by atoms with Crippen LogP contribution in [0.1, 0.15) is 43.7 Å². The van der Waals surface area contributed by atoms with Gasteiger partial charge in [0.05, 0.1) is 6.07 Å². The summed E-state index contributed by atoms with van der Waals surface area (Å²) in [6.45, 7) is 0. The van der Waals surface area contributed by atoms with Crippen molar-refractivity contribution in [3.8, 4) is 6.07 Å². The average molecular weight is 257 g/mol. The molecule has 0 radical (unpaired) electrons. The second-order valence-corrected chi connectivity index (χ2v) is 5.10. The molecule has 0 aromatic carbocycles. The van der Waals surface area contributed by atoms with Gasteiger partial charge < -0.3 is 4.90 Å². The Balaban J connectivity index is 2.10. The minimum absolute atomic E-state index is 0.0891. The van der Waals surface area contributed by atoms with Gasteiger partial charge in [0.2, 0.25) is 5.91 Å². The van der Waals surface area contributed by atoms with Crippen LogP contribution < -0.4 is 0 Å². The molecule has 1 atom stereocenters. The summed E-state index contributed by atoms with van der Waals surface area (Å²) < 4.78 is 0. The van der Waals surface area contributed by atoms with E-state index in [2.05, 4.69) is 11.1 Å². The van der Waals surface area contributed by atoms with Gasteiger partial charge in [-0.25, -0.2) is 0 Å². The Morgan fingerprint density at radius 1 is 1.47 bits per heavy atom. The SMILES string of the molecule is CN(C(=O)C1CCCCC1)C(C#N)c1cccnc1. The van der Waals surface area contributed by atoms with E-state index in [9.17, 15) is 10.1 Å². The van der Waals surface area contributed by atoms with Gasteiger partial charge in [-0.3, -0.25) is 9.78 Å². The highest BCUT2D eigenvalue weighted by atomic mass is 16.2. The number of nitriles is 1. The van der Waals surface area contributed by atoms with Crippen molar-refractivity contribution in [2.24, 2.45) is 5.92 Å². The van der Waals surface area contributed by atoms with E-state index in [0.29, 0.717) is 0 Å². The third-order valence-electron chi connectivity index (χ3n) is 3.81. The maximum atomic E-state index is 12.4. The Morgan fingerprint density at radius 3 is 2.79 bits per heavy atom. The first-order valence-electron chi connectivity index (χ1n) is 6.80. The second kappa shape index (κ2) is 6.33. The lowest BCUT2D eigenvalue weighted by atomic mass is 9.88. The van der Waals surface area contributed by atoms with E-state index in [4.69, 9.17) is 0 Å². The van der Waals surface area contributed by atoms with Gasteiger partial charge in [-0.2, -0.15) is 5.26 Å². The molecule has 4 nitrogen and oxygen atoms in total. The van der Waals surface area contributed by atoms with Gasteiger partial charge in [0.25, 0.3) is 0 Å². The van der Waals surface area contributed by atoms with Crippen molar-refractivity contribution in [3.63, 3.8) is 0 Å². The normalized spacial score (nSPS) is 17.5. The van der Waals surface area contributed by atoms with Crippen molar-refractivity contribution in [1.29, 1.82) is 5.26 Å². The zero-order valence-electron chi connectivity index (χ0n) is 11.2. The molecule has 100 valence electrons. The van der Waals surface area contributed by atoms with Crippen molar-refractivity contribution in [3.05, 3.63) is 30.1 Å². The van der Waals surface area contributed by atoms with Crippen molar-refractivity contribution < 1.29 is 4.79 Å². The predicted octanol–water partition coefficient (Wildman–Crippen LogP) is 2.68. The summed E-state index contributed by atoms with van der Waals surface area (Å²) in [5, 5.41) is 9.33. The topological polar surface area (TPSA) is 57.0 Å². The molecule has 19 heavy (non-hydrogen) atoms. The molecular weight excluding hydrogens is 238 g/mol. The number of pyridine rings is 1. The van der Waals surface area contributed by atoms with Crippen LogP contribution in [0.15, 0.2) is 24.5 Å². The number of aromatic nitrogens is 1. The molecule has 0 spiro atoms. The molecule has 1 aliphatic carbocycles.